The fourth-order valence-corrected chi connectivity index (χ4v) is 2.98. The van der Waals surface area contributed by atoms with E-state index in [1.54, 1.807) is 24.3 Å². The molecule has 1 amide bonds. The molecule has 0 radical (unpaired) electrons. The molecule has 21 heavy (non-hydrogen) atoms. The molecule has 1 saturated carbocycles. The highest BCUT2D eigenvalue weighted by atomic mass is 16.2. The second kappa shape index (κ2) is 6.28. The average molecular weight is 283 g/mol. The summed E-state index contributed by atoms with van der Waals surface area (Å²) in [5.41, 5.74) is 1.30. The van der Waals surface area contributed by atoms with Gasteiger partial charge in [0.15, 0.2) is 0 Å². The molecular formula is C17H21N3O. The lowest BCUT2D eigenvalue weighted by molar-refractivity contribution is 0.0701. The summed E-state index contributed by atoms with van der Waals surface area (Å²) >= 11 is 0. The van der Waals surface area contributed by atoms with Gasteiger partial charge in [0.05, 0.1) is 11.6 Å². The Kier molecular flexibility index (Phi) is 4.21. The molecule has 1 aromatic carbocycles. The molecule has 2 aliphatic rings. The smallest absolute Gasteiger partial charge is 0.254 e. The van der Waals surface area contributed by atoms with Crippen molar-refractivity contribution in [1.82, 2.24) is 10.2 Å². The van der Waals surface area contributed by atoms with E-state index in [-0.39, 0.29) is 5.91 Å². The van der Waals surface area contributed by atoms with Crippen LogP contribution < -0.4 is 5.32 Å². The first kappa shape index (κ1) is 14.1. The van der Waals surface area contributed by atoms with Crippen molar-refractivity contribution in [2.45, 2.75) is 31.7 Å². The predicted octanol–water partition coefficient (Wildman–Crippen LogP) is 2.16. The summed E-state index contributed by atoms with van der Waals surface area (Å²) in [7, 11) is 0. The van der Waals surface area contributed by atoms with E-state index in [9.17, 15) is 4.79 Å². The summed E-state index contributed by atoms with van der Waals surface area (Å²) in [5, 5.41) is 12.2. The second-order valence-electron chi connectivity index (χ2n) is 6.07. The van der Waals surface area contributed by atoms with Gasteiger partial charge in [-0.1, -0.05) is 0 Å². The number of carbonyl (C=O) groups excluding carboxylic acids is 1. The van der Waals surface area contributed by atoms with E-state index < -0.39 is 0 Å². The summed E-state index contributed by atoms with van der Waals surface area (Å²) in [6.07, 6.45) is 4.58. The first-order chi connectivity index (χ1) is 10.3. The Hall–Kier alpha value is -1.86. The molecule has 0 atom stereocenters. The van der Waals surface area contributed by atoms with E-state index in [2.05, 4.69) is 16.3 Å². The number of hydrogen-bond acceptors (Lipinski definition) is 3. The van der Waals surface area contributed by atoms with Crippen LogP contribution in [0.1, 0.15) is 41.6 Å². The summed E-state index contributed by atoms with van der Waals surface area (Å²) < 4.78 is 0. The molecule has 3 rings (SSSR count). The maximum atomic E-state index is 12.7. The van der Waals surface area contributed by atoms with Gasteiger partial charge in [-0.25, -0.2) is 0 Å². The van der Waals surface area contributed by atoms with Crippen LogP contribution in [-0.2, 0) is 0 Å². The van der Waals surface area contributed by atoms with Crippen molar-refractivity contribution in [1.29, 1.82) is 5.26 Å². The molecule has 4 heteroatoms. The van der Waals surface area contributed by atoms with E-state index >= 15 is 0 Å². The monoisotopic (exact) mass is 283 g/mol. The molecule has 0 unspecified atom stereocenters. The maximum Gasteiger partial charge on any atom is 0.254 e. The summed E-state index contributed by atoms with van der Waals surface area (Å²) in [5.74, 6) is 0.745. The number of rotatable bonds is 4. The molecule has 1 N–H and O–H groups in total. The van der Waals surface area contributed by atoms with E-state index in [0.29, 0.717) is 23.1 Å². The van der Waals surface area contributed by atoms with Crippen LogP contribution in [0.2, 0.25) is 0 Å². The van der Waals surface area contributed by atoms with Crippen molar-refractivity contribution in [2.24, 2.45) is 5.92 Å². The van der Waals surface area contributed by atoms with Crippen molar-refractivity contribution in [3.8, 4) is 6.07 Å². The minimum atomic E-state index is 0.125. The van der Waals surface area contributed by atoms with Gasteiger partial charge in [0.1, 0.15) is 0 Å². The van der Waals surface area contributed by atoms with Gasteiger partial charge in [-0.3, -0.25) is 4.79 Å². The molecule has 110 valence electrons. The van der Waals surface area contributed by atoms with Crippen LogP contribution in [0, 0.1) is 17.2 Å². The Morgan fingerprint density at radius 3 is 2.43 bits per heavy atom. The number of hydrogen-bond donors (Lipinski definition) is 1. The highest BCUT2D eigenvalue weighted by Crippen LogP contribution is 2.30. The standard InChI is InChI=1S/C17H21N3O/c18-11-13-1-3-15(4-2-13)17(21)20(16-5-6-16)12-14-7-9-19-10-8-14/h1-4,14,16,19H,5-10,12H2. The number of benzene rings is 1. The molecule has 1 aromatic rings. The van der Waals surface area contributed by atoms with E-state index in [4.69, 9.17) is 5.26 Å². The molecule has 4 nitrogen and oxygen atoms in total. The molecule has 0 bridgehead atoms. The first-order valence-corrected chi connectivity index (χ1v) is 7.80. The van der Waals surface area contributed by atoms with Gasteiger partial charge in [-0.2, -0.15) is 5.26 Å². The van der Waals surface area contributed by atoms with E-state index in [1.165, 1.54) is 0 Å². The Balaban J connectivity index is 1.70. The van der Waals surface area contributed by atoms with Gasteiger partial charge < -0.3 is 10.2 Å². The molecule has 1 heterocycles. The SMILES string of the molecule is N#Cc1ccc(C(=O)N(CC2CCNCC2)C2CC2)cc1. The first-order valence-electron chi connectivity index (χ1n) is 7.80. The van der Waals surface area contributed by atoms with Crippen molar-refractivity contribution >= 4 is 5.91 Å². The van der Waals surface area contributed by atoms with Gasteiger partial charge in [0.2, 0.25) is 0 Å². The second-order valence-corrected chi connectivity index (χ2v) is 6.07. The van der Waals surface area contributed by atoms with Crippen LogP contribution in [0.25, 0.3) is 0 Å². The normalized spacial score (nSPS) is 19.0. The molecule has 2 fully saturated rings. The number of nitrogens with zero attached hydrogens (tertiary/aromatic N) is 2. The molecule has 1 aliphatic carbocycles. The fraction of sp³-hybridized carbons (Fsp3) is 0.529. The number of nitriles is 1. The van der Waals surface area contributed by atoms with Gasteiger partial charge in [-0.05, 0) is 69.0 Å². The van der Waals surface area contributed by atoms with Crippen LogP contribution >= 0.6 is 0 Å². The Bertz CT molecular complexity index is 536. The Morgan fingerprint density at radius 2 is 1.86 bits per heavy atom. The molecular weight excluding hydrogens is 262 g/mol. The van der Waals surface area contributed by atoms with Crippen molar-refractivity contribution in [2.75, 3.05) is 19.6 Å². The van der Waals surface area contributed by atoms with Crippen molar-refractivity contribution < 1.29 is 4.79 Å². The number of carbonyl (C=O) groups is 1. The fourth-order valence-electron chi connectivity index (χ4n) is 2.98. The largest absolute Gasteiger partial charge is 0.335 e. The lowest BCUT2D eigenvalue weighted by Gasteiger charge is -2.30. The molecule has 0 aromatic heterocycles. The lowest BCUT2D eigenvalue weighted by atomic mass is 9.97. The highest BCUT2D eigenvalue weighted by Gasteiger charge is 2.34. The molecule has 1 aliphatic heterocycles. The number of amides is 1. The van der Waals surface area contributed by atoms with Crippen LogP contribution in [-0.4, -0.2) is 36.5 Å². The van der Waals surface area contributed by atoms with Gasteiger partial charge in [0, 0.05) is 18.2 Å². The Labute approximate surface area is 125 Å². The van der Waals surface area contributed by atoms with Gasteiger partial charge in [0.25, 0.3) is 5.91 Å². The average Bonchev–Trinajstić information content (AvgIpc) is 3.38. The summed E-state index contributed by atoms with van der Waals surface area (Å²) in [6.45, 7) is 3.01. The van der Waals surface area contributed by atoms with Crippen LogP contribution in [0.15, 0.2) is 24.3 Å². The predicted molar refractivity (Wildman–Crippen MR) is 80.8 cm³/mol. The lowest BCUT2D eigenvalue weighted by Crippen LogP contribution is -2.40. The third-order valence-corrected chi connectivity index (χ3v) is 4.42. The third kappa shape index (κ3) is 3.43. The highest BCUT2D eigenvalue weighted by molar-refractivity contribution is 5.94. The minimum Gasteiger partial charge on any atom is -0.335 e. The summed E-state index contributed by atoms with van der Waals surface area (Å²) in [4.78, 5) is 14.8. The molecule has 0 spiro atoms. The zero-order chi connectivity index (χ0) is 14.7. The van der Waals surface area contributed by atoms with E-state index in [1.807, 2.05) is 0 Å². The summed E-state index contributed by atoms with van der Waals surface area (Å²) in [6, 6.07) is 9.53. The zero-order valence-electron chi connectivity index (χ0n) is 12.2. The van der Waals surface area contributed by atoms with Crippen LogP contribution in [0.4, 0.5) is 0 Å². The third-order valence-electron chi connectivity index (χ3n) is 4.42. The van der Waals surface area contributed by atoms with Crippen molar-refractivity contribution in [3.63, 3.8) is 0 Å². The Morgan fingerprint density at radius 1 is 1.19 bits per heavy atom. The topological polar surface area (TPSA) is 56.1 Å². The quantitative estimate of drug-likeness (QED) is 0.921. The van der Waals surface area contributed by atoms with Gasteiger partial charge >= 0.3 is 0 Å². The van der Waals surface area contributed by atoms with E-state index in [0.717, 1.165) is 45.3 Å². The van der Waals surface area contributed by atoms with Gasteiger partial charge in [-0.15, -0.1) is 0 Å². The van der Waals surface area contributed by atoms with Crippen LogP contribution in [0.3, 0.4) is 0 Å². The zero-order valence-corrected chi connectivity index (χ0v) is 12.2. The molecule has 1 saturated heterocycles. The number of nitrogens with one attached hydrogen (secondary N) is 1. The minimum absolute atomic E-state index is 0.125. The number of piperidine rings is 1. The van der Waals surface area contributed by atoms with Crippen LogP contribution in [0.5, 0.6) is 0 Å². The van der Waals surface area contributed by atoms with Crippen molar-refractivity contribution in [3.05, 3.63) is 35.4 Å². The maximum absolute atomic E-state index is 12.7.